The molecule has 0 aliphatic carbocycles. The number of carbonyl (C=O) groups is 1. The van der Waals surface area contributed by atoms with Crippen molar-refractivity contribution in [2.75, 3.05) is 20.2 Å². The number of hydrogen-bond donors (Lipinski definition) is 2. The number of rotatable bonds is 7. The van der Waals surface area contributed by atoms with E-state index in [1.165, 1.54) is 24.2 Å². The van der Waals surface area contributed by atoms with Crippen LogP contribution in [0.1, 0.15) is 48.7 Å². The second kappa shape index (κ2) is 9.72. The number of primary amides is 1. The molecule has 0 radical (unpaired) electrons. The van der Waals surface area contributed by atoms with Crippen molar-refractivity contribution in [3.8, 4) is 11.5 Å². The van der Waals surface area contributed by atoms with Crippen LogP contribution < -0.4 is 21.5 Å². The Labute approximate surface area is 196 Å². The Morgan fingerprint density at radius 2 is 1.91 bits per heavy atom. The van der Waals surface area contributed by atoms with Crippen molar-refractivity contribution in [2.24, 2.45) is 12.8 Å². The lowest BCUT2D eigenvalue weighted by atomic mass is 9.91. The molecule has 1 atom stereocenters. The number of likely N-dealkylation sites (tertiary alicyclic amines) is 1. The van der Waals surface area contributed by atoms with Crippen molar-refractivity contribution in [3.05, 3.63) is 68.0 Å². The van der Waals surface area contributed by atoms with Gasteiger partial charge in [-0.15, -0.1) is 0 Å². The zero-order valence-electron chi connectivity index (χ0n) is 19.4. The maximum absolute atomic E-state index is 13.3. The largest absolute Gasteiger partial charge is 0.502 e. The lowest BCUT2D eigenvalue weighted by molar-refractivity contribution is -0.118. The van der Waals surface area contributed by atoms with Crippen LogP contribution in [0, 0.1) is 0 Å². The minimum Gasteiger partial charge on any atom is -0.502 e. The summed E-state index contributed by atoms with van der Waals surface area (Å²) in [6, 6.07) is 8.19. The maximum Gasteiger partial charge on any atom is 0.254 e. The number of aromatic nitrogens is 1. The molecular formula is C25H29N3O6. The summed E-state index contributed by atoms with van der Waals surface area (Å²) in [6.45, 7) is 2.18. The molecule has 1 aliphatic heterocycles. The number of methoxy groups -OCH3 is 1. The fourth-order valence-electron chi connectivity index (χ4n) is 4.60. The average Bonchev–Trinajstić information content (AvgIpc) is 2.82. The average molecular weight is 468 g/mol. The molecule has 0 spiro atoms. The van der Waals surface area contributed by atoms with Crippen LogP contribution in [0.5, 0.6) is 11.5 Å². The van der Waals surface area contributed by atoms with Crippen LogP contribution in [-0.2, 0) is 18.4 Å². The van der Waals surface area contributed by atoms with Crippen LogP contribution in [0.2, 0.25) is 0 Å². The van der Waals surface area contributed by atoms with E-state index in [-0.39, 0.29) is 17.7 Å². The number of hydrogen-bond acceptors (Lipinski definition) is 7. The van der Waals surface area contributed by atoms with Gasteiger partial charge >= 0.3 is 0 Å². The number of amides is 1. The second-order valence-electron chi connectivity index (χ2n) is 8.74. The highest BCUT2D eigenvalue weighted by atomic mass is 16.5. The number of benzene rings is 1. The predicted octanol–water partition coefficient (Wildman–Crippen LogP) is 2.20. The summed E-state index contributed by atoms with van der Waals surface area (Å²) in [6.07, 6.45) is 2.99. The molecule has 0 bridgehead atoms. The van der Waals surface area contributed by atoms with Gasteiger partial charge in [0.25, 0.3) is 5.56 Å². The molecule has 0 unspecified atom stereocenters. The number of piperidine rings is 1. The minimum absolute atomic E-state index is 0.122. The summed E-state index contributed by atoms with van der Waals surface area (Å²) in [5.41, 5.74) is 5.33. The fraction of sp³-hybridized carbons (Fsp3) is 0.400. The Morgan fingerprint density at radius 3 is 2.59 bits per heavy atom. The first-order chi connectivity index (χ1) is 16.3. The molecule has 9 nitrogen and oxygen atoms in total. The molecule has 9 heteroatoms. The smallest absolute Gasteiger partial charge is 0.254 e. The first-order valence-electron chi connectivity index (χ1n) is 11.3. The van der Waals surface area contributed by atoms with E-state index in [2.05, 4.69) is 4.90 Å². The number of aryl methyl sites for hydroxylation is 1. The predicted molar refractivity (Wildman–Crippen MR) is 127 cm³/mol. The van der Waals surface area contributed by atoms with Gasteiger partial charge in [-0.2, -0.15) is 0 Å². The molecular weight excluding hydrogens is 438 g/mol. The molecule has 34 heavy (non-hydrogen) atoms. The minimum atomic E-state index is -1.02. The zero-order valence-corrected chi connectivity index (χ0v) is 19.4. The highest BCUT2D eigenvalue weighted by Crippen LogP contribution is 2.33. The third kappa shape index (κ3) is 4.70. The van der Waals surface area contributed by atoms with Gasteiger partial charge in [-0.25, -0.2) is 0 Å². The highest BCUT2D eigenvalue weighted by Gasteiger charge is 2.29. The molecule has 180 valence electrons. The lowest BCUT2D eigenvalue weighted by Crippen LogP contribution is -2.30. The van der Waals surface area contributed by atoms with Crippen LogP contribution >= 0.6 is 0 Å². The van der Waals surface area contributed by atoms with Crippen LogP contribution in [0.4, 0.5) is 0 Å². The van der Waals surface area contributed by atoms with Gasteiger partial charge in [-0.1, -0.05) is 6.42 Å². The van der Waals surface area contributed by atoms with Crippen molar-refractivity contribution >= 4 is 16.8 Å². The second-order valence-corrected chi connectivity index (χ2v) is 8.74. The van der Waals surface area contributed by atoms with E-state index in [9.17, 15) is 19.5 Å². The third-order valence-corrected chi connectivity index (χ3v) is 6.39. The molecule has 0 saturated carbocycles. The van der Waals surface area contributed by atoms with Gasteiger partial charge in [0, 0.05) is 31.2 Å². The van der Waals surface area contributed by atoms with Gasteiger partial charge in [-0.05, 0) is 49.5 Å². The number of ether oxygens (including phenoxy) is 1. The first-order valence-corrected chi connectivity index (χ1v) is 11.3. The Bertz CT molecular complexity index is 1340. The van der Waals surface area contributed by atoms with Crippen molar-refractivity contribution in [1.29, 1.82) is 0 Å². The number of fused-ring (bicyclic) bond motifs is 1. The van der Waals surface area contributed by atoms with E-state index < -0.39 is 28.6 Å². The summed E-state index contributed by atoms with van der Waals surface area (Å²) in [5, 5.41) is 11.3. The van der Waals surface area contributed by atoms with Gasteiger partial charge in [-0.3, -0.25) is 19.3 Å². The fourth-order valence-corrected chi connectivity index (χ4v) is 4.60. The molecule has 1 fully saturated rings. The van der Waals surface area contributed by atoms with E-state index in [4.69, 9.17) is 14.9 Å². The Kier molecular flexibility index (Phi) is 6.74. The van der Waals surface area contributed by atoms with Crippen molar-refractivity contribution < 1.29 is 19.1 Å². The van der Waals surface area contributed by atoms with Gasteiger partial charge in [0.2, 0.25) is 17.1 Å². The Balaban J connectivity index is 1.85. The number of nitrogens with two attached hydrogens (primary N) is 1. The van der Waals surface area contributed by atoms with E-state index in [1.807, 2.05) is 0 Å². The molecule has 1 amide bonds. The molecule has 3 heterocycles. The van der Waals surface area contributed by atoms with Crippen molar-refractivity contribution in [3.63, 3.8) is 0 Å². The first kappa shape index (κ1) is 23.6. The highest BCUT2D eigenvalue weighted by molar-refractivity contribution is 5.82. The molecule has 3 aromatic rings. The van der Waals surface area contributed by atoms with Gasteiger partial charge in [0.15, 0.2) is 5.76 Å². The van der Waals surface area contributed by atoms with Crippen molar-refractivity contribution in [1.82, 2.24) is 9.47 Å². The van der Waals surface area contributed by atoms with E-state index in [0.29, 0.717) is 23.6 Å². The number of aromatic hydroxyl groups is 1. The SMILES string of the molecule is COc1ccc2cc([C@H](CC(N)=O)c3oc(CN4CCCCC4)cc(=O)c3O)c(=O)n(C)c2c1. The van der Waals surface area contributed by atoms with Crippen LogP contribution in [-0.4, -0.2) is 40.7 Å². The quantitative estimate of drug-likeness (QED) is 0.545. The number of carbonyl (C=O) groups excluding carboxylic acids is 1. The Morgan fingerprint density at radius 1 is 1.18 bits per heavy atom. The lowest BCUT2D eigenvalue weighted by Gasteiger charge is -2.26. The number of pyridine rings is 1. The Hall–Kier alpha value is -3.59. The van der Waals surface area contributed by atoms with Crippen LogP contribution in [0.3, 0.4) is 0 Å². The molecule has 1 saturated heterocycles. The molecule has 3 N–H and O–H groups in total. The monoisotopic (exact) mass is 467 g/mol. The topological polar surface area (TPSA) is 128 Å². The molecule has 1 aromatic carbocycles. The summed E-state index contributed by atoms with van der Waals surface area (Å²) in [4.78, 5) is 40.1. The van der Waals surface area contributed by atoms with Gasteiger partial charge in [0.1, 0.15) is 11.5 Å². The summed E-state index contributed by atoms with van der Waals surface area (Å²) in [7, 11) is 3.15. The third-order valence-electron chi connectivity index (χ3n) is 6.39. The summed E-state index contributed by atoms with van der Waals surface area (Å²) < 4.78 is 12.7. The van der Waals surface area contributed by atoms with E-state index in [1.54, 1.807) is 31.3 Å². The van der Waals surface area contributed by atoms with E-state index in [0.717, 1.165) is 31.3 Å². The van der Waals surface area contributed by atoms with Gasteiger partial charge in [0.05, 0.1) is 25.1 Å². The normalized spacial score (nSPS) is 15.4. The zero-order chi connectivity index (χ0) is 24.4. The van der Waals surface area contributed by atoms with Crippen molar-refractivity contribution in [2.45, 2.75) is 38.1 Å². The molecule has 4 rings (SSSR count). The van der Waals surface area contributed by atoms with E-state index >= 15 is 0 Å². The molecule has 1 aliphatic rings. The molecule has 2 aromatic heterocycles. The van der Waals surface area contributed by atoms with Crippen LogP contribution in [0.25, 0.3) is 10.9 Å². The summed E-state index contributed by atoms with van der Waals surface area (Å²) >= 11 is 0. The van der Waals surface area contributed by atoms with Crippen LogP contribution in [0.15, 0.2) is 44.3 Å². The van der Waals surface area contributed by atoms with Gasteiger partial charge < -0.3 is 24.6 Å². The summed E-state index contributed by atoms with van der Waals surface area (Å²) in [5.74, 6) is -1.48. The standard InChI is InChI=1S/C25H29N3O6/c1-27-20-11-16(33-2)7-6-15(20)10-19(25(27)32)18(13-22(26)30)24-23(31)21(29)12-17(34-24)14-28-8-4-3-5-9-28/h6-7,10-12,18,31H,3-5,8-9,13-14H2,1-2H3,(H2,26,30)/t18-/m0/s1. The maximum atomic E-state index is 13.3. The number of nitrogens with zero attached hydrogens (tertiary/aromatic N) is 2.